The highest BCUT2D eigenvalue weighted by atomic mass is 79.9. The Labute approximate surface area is 78.7 Å². The lowest BCUT2D eigenvalue weighted by Gasteiger charge is -2.01. The van der Waals surface area contributed by atoms with Gasteiger partial charge in [0, 0.05) is 16.0 Å². The van der Waals surface area contributed by atoms with Crippen LogP contribution in [0.4, 0.5) is 4.39 Å². The van der Waals surface area contributed by atoms with Gasteiger partial charge in [0.2, 0.25) is 0 Å². The Morgan fingerprint density at radius 3 is 3.08 bits per heavy atom. The van der Waals surface area contributed by atoms with Crippen LogP contribution in [0, 0.1) is 5.82 Å². The molecule has 1 aliphatic heterocycles. The molecule has 1 aliphatic rings. The summed E-state index contributed by atoms with van der Waals surface area (Å²) in [6.07, 6.45) is 0. The molecule has 1 aromatic carbocycles. The highest BCUT2D eigenvalue weighted by Crippen LogP contribution is 2.37. The second-order valence-corrected chi connectivity index (χ2v) is 3.93. The van der Waals surface area contributed by atoms with Gasteiger partial charge in [0.25, 0.3) is 0 Å². The lowest BCUT2D eigenvalue weighted by atomic mass is 10.0. The van der Waals surface area contributed by atoms with Crippen LogP contribution in [0.5, 0.6) is 5.75 Å². The van der Waals surface area contributed by atoms with Crippen molar-refractivity contribution in [2.45, 2.75) is 12.8 Å². The van der Waals surface area contributed by atoms with Gasteiger partial charge in [-0.3, -0.25) is 0 Å². The van der Waals surface area contributed by atoms with Crippen molar-refractivity contribution >= 4 is 15.9 Å². The lowest BCUT2D eigenvalue weighted by molar-refractivity contribution is 0.323. The smallest absolute Gasteiger partial charge is 0.166 e. The van der Waals surface area contributed by atoms with Crippen molar-refractivity contribution in [3.8, 4) is 5.75 Å². The molecule has 0 spiro atoms. The van der Waals surface area contributed by atoms with Crippen molar-refractivity contribution in [2.24, 2.45) is 0 Å². The van der Waals surface area contributed by atoms with Crippen molar-refractivity contribution in [3.63, 3.8) is 0 Å². The molecule has 0 saturated heterocycles. The van der Waals surface area contributed by atoms with E-state index in [-0.39, 0.29) is 5.82 Å². The van der Waals surface area contributed by atoms with Crippen LogP contribution in [0.15, 0.2) is 16.6 Å². The second-order valence-electron chi connectivity index (χ2n) is 3.02. The van der Waals surface area contributed by atoms with Gasteiger partial charge in [-0.25, -0.2) is 4.39 Å². The summed E-state index contributed by atoms with van der Waals surface area (Å²) >= 11 is 3.25. The molecular formula is C9H8BrFO. The molecule has 1 unspecified atom stereocenters. The number of hydrogen-bond acceptors (Lipinski definition) is 1. The quantitative estimate of drug-likeness (QED) is 0.666. The Kier molecular flexibility index (Phi) is 1.83. The first kappa shape index (κ1) is 8.05. The summed E-state index contributed by atoms with van der Waals surface area (Å²) in [7, 11) is 0. The summed E-state index contributed by atoms with van der Waals surface area (Å²) in [6, 6.07) is 3.34. The number of benzene rings is 1. The van der Waals surface area contributed by atoms with Crippen molar-refractivity contribution in [2.75, 3.05) is 6.61 Å². The monoisotopic (exact) mass is 230 g/mol. The summed E-state index contributed by atoms with van der Waals surface area (Å²) in [6.45, 7) is 2.61. The first-order valence-corrected chi connectivity index (χ1v) is 4.59. The molecule has 0 aromatic heterocycles. The molecule has 0 saturated carbocycles. The van der Waals surface area contributed by atoms with E-state index in [2.05, 4.69) is 15.9 Å². The fraction of sp³-hybridized carbons (Fsp3) is 0.333. The molecule has 1 nitrogen and oxygen atoms in total. The topological polar surface area (TPSA) is 9.23 Å². The molecule has 1 heterocycles. The molecule has 1 atom stereocenters. The molecule has 3 heteroatoms. The number of halogens is 2. The molecule has 2 rings (SSSR count). The van der Waals surface area contributed by atoms with Crippen LogP contribution < -0.4 is 4.74 Å². The Morgan fingerprint density at radius 2 is 2.33 bits per heavy atom. The normalized spacial score (nSPS) is 20.4. The number of rotatable bonds is 0. The molecule has 64 valence electrons. The Bertz CT molecular complexity index is 325. The van der Waals surface area contributed by atoms with Gasteiger partial charge < -0.3 is 4.74 Å². The van der Waals surface area contributed by atoms with Crippen LogP contribution in [-0.4, -0.2) is 6.61 Å². The van der Waals surface area contributed by atoms with Gasteiger partial charge in [-0.15, -0.1) is 0 Å². The van der Waals surface area contributed by atoms with E-state index in [1.807, 2.05) is 13.0 Å². The average molecular weight is 231 g/mol. The predicted molar refractivity (Wildman–Crippen MR) is 48.0 cm³/mol. The molecule has 0 radical (unpaired) electrons. The number of fused-ring (bicyclic) bond motifs is 1. The summed E-state index contributed by atoms with van der Waals surface area (Å²) in [4.78, 5) is 0. The summed E-state index contributed by atoms with van der Waals surface area (Å²) in [5.74, 6) is 0.446. The van der Waals surface area contributed by atoms with Crippen LogP contribution in [0.1, 0.15) is 18.4 Å². The minimum absolute atomic E-state index is 0.274. The molecule has 12 heavy (non-hydrogen) atoms. The minimum atomic E-state index is -0.274. The lowest BCUT2D eigenvalue weighted by Crippen LogP contribution is -1.93. The zero-order chi connectivity index (χ0) is 8.72. The van der Waals surface area contributed by atoms with Crippen molar-refractivity contribution in [3.05, 3.63) is 28.0 Å². The SMILES string of the molecule is CC1COc2c(F)cc(Br)cc21. The second kappa shape index (κ2) is 2.73. The largest absolute Gasteiger partial charge is 0.490 e. The predicted octanol–water partition coefficient (Wildman–Crippen LogP) is 3.08. The molecule has 0 bridgehead atoms. The van der Waals surface area contributed by atoms with Gasteiger partial charge in [-0.1, -0.05) is 22.9 Å². The van der Waals surface area contributed by atoms with Crippen molar-refractivity contribution < 1.29 is 9.13 Å². The molecule has 0 N–H and O–H groups in total. The van der Waals surface area contributed by atoms with Crippen LogP contribution in [0.2, 0.25) is 0 Å². The van der Waals surface area contributed by atoms with Crippen LogP contribution >= 0.6 is 15.9 Å². The molecular weight excluding hydrogens is 223 g/mol. The third-order valence-corrected chi connectivity index (χ3v) is 2.50. The summed E-state index contributed by atoms with van der Waals surface area (Å²) in [5.41, 5.74) is 0.960. The maximum absolute atomic E-state index is 13.2. The number of ether oxygens (including phenoxy) is 1. The van der Waals surface area contributed by atoms with Crippen LogP contribution in [0.3, 0.4) is 0 Å². The fourth-order valence-electron chi connectivity index (χ4n) is 1.40. The zero-order valence-electron chi connectivity index (χ0n) is 6.60. The number of hydrogen-bond donors (Lipinski definition) is 0. The maximum Gasteiger partial charge on any atom is 0.166 e. The van der Waals surface area contributed by atoms with Crippen molar-refractivity contribution in [1.82, 2.24) is 0 Å². The Hall–Kier alpha value is -0.570. The van der Waals surface area contributed by atoms with Gasteiger partial charge >= 0.3 is 0 Å². The average Bonchev–Trinajstić information content (AvgIpc) is 2.33. The van der Waals surface area contributed by atoms with Crippen LogP contribution in [0.25, 0.3) is 0 Å². The third-order valence-electron chi connectivity index (χ3n) is 2.05. The third kappa shape index (κ3) is 1.12. The van der Waals surface area contributed by atoms with E-state index in [9.17, 15) is 4.39 Å². The van der Waals surface area contributed by atoms with Crippen LogP contribution in [-0.2, 0) is 0 Å². The van der Waals surface area contributed by atoms with Gasteiger partial charge in [0.15, 0.2) is 11.6 Å². The van der Waals surface area contributed by atoms with E-state index in [0.717, 1.165) is 10.0 Å². The molecule has 1 aromatic rings. The van der Waals surface area contributed by atoms with E-state index in [1.165, 1.54) is 6.07 Å². The van der Waals surface area contributed by atoms with Crippen molar-refractivity contribution in [1.29, 1.82) is 0 Å². The van der Waals surface area contributed by atoms with E-state index in [0.29, 0.717) is 18.3 Å². The van der Waals surface area contributed by atoms with E-state index in [1.54, 1.807) is 0 Å². The van der Waals surface area contributed by atoms with Gasteiger partial charge in [-0.2, -0.15) is 0 Å². The first-order valence-electron chi connectivity index (χ1n) is 3.80. The van der Waals surface area contributed by atoms with E-state index in [4.69, 9.17) is 4.74 Å². The molecule has 0 aliphatic carbocycles. The standard InChI is InChI=1S/C9H8BrFO/c1-5-4-12-9-7(5)2-6(10)3-8(9)11/h2-3,5H,4H2,1H3. The van der Waals surface area contributed by atoms with Gasteiger partial charge in [0.05, 0.1) is 6.61 Å². The Morgan fingerprint density at radius 1 is 1.58 bits per heavy atom. The van der Waals surface area contributed by atoms with Gasteiger partial charge in [-0.05, 0) is 12.1 Å². The van der Waals surface area contributed by atoms with E-state index < -0.39 is 0 Å². The first-order chi connectivity index (χ1) is 5.68. The fourth-order valence-corrected chi connectivity index (χ4v) is 1.84. The van der Waals surface area contributed by atoms with Gasteiger partial charge in [0.1, 0.15) is 0 Å². The molecule has 0 amide bonds. The highest BCUT2D eigenvalue weighted by molar-refractivity contribution is 9.10. The minimum Gasteiger partial charge on any atom is -0.490 e. The highest BCUT2D eigenvalue weighted by Gasteiger charge is 2.23. The molecule has 0 fully saturated rings. The maximum atomic E-state index is 13.2. The summed E-state index contributed by atoms with van der Waals surface area (Å²) < 4.78 is 19.1. The summed E-state index contributed by atoms with van der Waals surface area (Å²) in [5, 5.41) is 0. The Balaban J connectivity index is 2.60. The van der Waals surface area contributed by atoms with E-state index >= 15 is 0 Å². The zero-order valence-corrected chi connectivity index (χ0v) is 8.19.